The number of nitrogens with zero attached hydrogens (tertiary/aromatic N) is 3. The molecule has 26 heavy (non-hydrogen) atoms. The topological polar surface area (TPSA) is 47.3 Å². The predicted octanol–water partition coefficient (Wildman–Crippen LogP) is 3.79. The van der Waals surface area contributed by atoms with Crippen LogP contribution in [0.2, 0.25) is 0 Å². The first-order valence-corrected chi connectivity index (χ1v) is 9.64. The van der Waals surface area contributed by atoms with E-state index in [1.165, 1.54) is 5.56 Å². The average Bonchev–Trinajstić information content (AvgIpc) is 2.91. The first-order chi connectivity index (χ1) is 12.2. The van der Waals surface area contributed by atoms with Gasteiger partial charge in [0, 0.05) is 25.0 Å². The maximum atomic E-state index is 12.6. The monoisotopic (exact) mass is 353 g/mol. The van der Waals surface area contributed by atoms with Crippen molar-refractivity contribution in [2.45, 2.75) is 51.5 Å². The molecule has 1 aliphatic heterocycles. The highest BCUT2D eigenvalue weighted by Gasteiger charge is 2.50. The van der Waals surface area contributed by atoms with Gasteiger partial charge >= 0.3 is 0 Å². The number of carbonyl (C=O) groups excluding carboxylic acids is 1. The minimum absolute atomic E-state index is 0.0644. The molecule has 1 amide bonds. The predicted molar refractivity (Wildman–Crippen MR) is 103 cm³/mol. The van der Waals surface area contributed by atoms with Crippen LogP contribution in [0.5, 0.6) is 0 Å². The number of rotatable bonds is 4. The normalized spacial score (nSPS) is 29.4. The minimum atomic E-state index is -0.479. The van der Waals surface area contributed by atoms with Crippen LogP contribution < -0.4 is 0 Å². The van der Waals surface area contributed by atoms with Crippen molar-refractivity contribution in [3.05, 3.63) is 35.9 Å². The first-order valence-electron chi connectivity index (χ1n) is 9.64. The third-order valence-electron chi connectivity index (χ3n) is 6.60. The van der Waals surface area contributed by atoms with Crippen molar-refractivity contribution < 1.29 is 4.79 Å². The number of nitriles is 1. The molecule has 1 heterocycles. The molecule has 0 unspecified atom stereocenters. The van der Waals surface area contributed by atoms with E-state index in [1.807, 2.05) is 18.7 Å². The molecule has 1 saturated carbocycles. The average molecular weight is 354 g/mol. The second-order valence-electron chi connectivity index (χ2n) is 9.21. The van der Waals surface area contributed by atoms with E-state index >= 15 is 0 Å². The van der Waals surface area contributed by atoms with Crippen LogP contribution >= 0.6 is 0 Å². The van der Waals surface area contributed by atoms with Crippen LogP contribution in [0.4, 0.5) is 0 Å². The van der Waals surface area contributed by atoms with E-state index in [2.05, 4.69) is 55.4 Å². The van der Waals surface area contributed by atoms with Gasteiger partial charge in [0.05, 0.1) is 11.5 Å². The molecule has 1 aromatic carbocycles. The Bertz CT molecular complexity index is 694. The van der Waals surface area contributed by atoms with Crippen molar-refractivity contribution in [1.82, 2.24) is 9.80 Å². The third kappa shape index (κ3) is 3.38. The molecule has 4 nitrogen and oxygen atoms in total. The summed E-state index contributed by atoms with van der Waals surface area (Å²) in [5.41, 5.74) is 1.06. The van der Waals surface area contributed by atoms with Crippen LogP contribution in [0.1, 0.15) is 51.5 Å². The Hall–Kier alpha value is -1.86. The Labute approximate surface area is 157 Å². The van der Waals surface area contributed by atoms with Crippen LogP contribution in [-0.4, -0.2) is 42.9 Å². The van der Waals surface area contributed by atoms with Crippen LogP contribution in [0, 0.1) is 22.2 Å². The highest BCUT2D eigenvalue weighted by atomic mass is 16.2. The molecule has 0 atom stereocenters. The molecule has 1 spiro atoms. The molecular weight excluding hydrogens is 322 g/mol. The van der Waals surface area contributed by atoms with Gasteiger partial charge in [-0.15, -0.1) is 0 Å². The van der Waals surface area contributed by atoms with Gasteiger partial charge < -0.3 is 4.90 Å². The highest BCUT2D eigenvalue weighted by Crippen LogP contribution is 2.52. The lowest BCUT2D eigenvalue weighted by atomic mass is 9.64. The molecule has 0 radical (unpaired) electrons. The van der Waals surface area contributed by atoms with E-state index < -0.39 is 5.41 Å². The number of hydrogen-bond donors (Lipinski definition) is 0. The van der Waals surface area contributed by atoms with Crippen LogP contribution in [0.3, 0.4) is 0 Å². The smallest absolute Gasteiger partial charge is 0.223 e. The molecule has 1 aliphatic carbocycles. The number of carbonyl (C=O) groups is 1. The fourth-order valence-electron chi connectivity index (χ4n) is 4.91. The summed E-state index contributed by atoms with van der Waals surface area (Å²) < 4.78 is 0. The summed E-state index contributed by atoms with van der Waals surface area (Å²) >= 11 is 0. The fraction of sp³-hybridized carbons (Fsp3) is 0.636. The van der Waals surface area contributed by atoms with Crippen LogP contribution in [0.25, 0.3) is 0 Å². The van der Waals surface area contributed by atoms with E-state index in [0.29, 0.717) is 13.0 Å². The van der Waals surface area contributed by atoms with E-state index in [0.717, 1.165) is 32.2 Å². The molecule has 140 valence electrons. The molecule has 0 bridgehead atoms. The van der Waals surface area contributed by atoms with Gasteiger partial charge in [0.1, 0.15) is 0 Å². The maximum Gasteiger partial charge on any atom is 0.223 e. The Balaban J connectivity index is 1.75. The standard InChI is InChI=1S/C22H31N3O/c1-20(2,15-23)16-25-17-21(14-19(25)26)10-12-22(13-11-21,24(3)4)18-8-6-5-7-9-18/h5-9H,10-14,16-17H2,1-4H3. The summed E-state index contributed by atoms with van der Waals surface area (Å²) in [7, 11) is 4.35. The largest absolute Gasteiger partial charge is 0.341 e. The van der Waals surface area contributed by atoms with Gasteiger partial charge in [0.2, 0.25) is 5.91 Å². The molecular formula is C22H31N3O. The second kappa shape index (κ2) is 6.70. The third-order valence-corrected chi connectivity index (χ3v) is 6.60. The van der Waals surface area contributed by atoms with Crippen molar-refractivity contribution in [3.63, 3.8) is 0 Å². The van der Waals surface area contributed by atoms with Gasteiger partial charge in [-0.05, 0) is 64.6 Å². The molecule has 1 aromatic rings. The van der Waals surface area contributed by atoms with E-state index in [-0.39, 0.29) is 16.9 Å². The molecule has 2 fully saturated rings. The number of benzene rings is 1. The SMILES string of the molecule is CN(C)C1(c2ccccc2)CCC2(CC1)CC(=O)N(CC(C)(C)C#N)C2. The summed E-state index contributed by atoms with van der Waals surface area (Å²) in [4.78, 5) is 16.9. The molecule has 2 aliphatic rings. The summed E-state index contributed by atoms with van der Waals surface area (Å²) in [6.45, 7) is 5.19. The van der Waals surface area contributed by atoms with Gasteiger partial charge in [0.25, 0.3) is 0 Å². The van der Waals surface area contributed by atoms with Crippen molar-refractivity contribution in [2.24, 2.45) is 10.8 Å². The molecule has 0 N–H and O–H groups in total. The highest BCUT2D eigenvalue weighted by molar-refractivity contribution is 5.79. The Morgan fingerprint density at radius 2 is 1.77 bits per heavy atom. The van der Waals surface area contributed by atoms with Gasteiger partial charge in [-0.25, -0.2) is 0 Å². The minimum Gasteiger partial charge on any atom is -0.341 e. The lowest BCUT2D eigenvalue weighted by molar-refractivity contribution is -0.128. The van der Waals surface area contributed by atoms with E-state index in [9.17, 15) is 10.1 Å². The zero-order valence-electron chi connectivity index (χ0n) is 16.6. The fourth-order valence-corrected chi connectivity index (χ4v) is 4.91. The summed E-state index contributed by atoms with van der Waals surface area (Å²) in [6, 6.07) is 13.1. The zero-order chi connectivity index (χ0) is 19.0. The Morgan fingerprint density at radius 1 is 1.15 bits per heavy atom. The summed E-state index contributed by atoms with van der Waals surface area (Å²) in [6.07, 6.45) is 4.93. The first kappa shape index (κ1) is 18.9. The van der Waals surface area contributed by atoms with Gasteiger partial charge in [-0.2, -0.15) is 5.26 Å². The van der Waals surface area contributed by atoms with E-state index in [1.54, 1.807) is 0 Å². The maximum absolute atomic E-state index is 12.6. The summed E-state index contributed by atoms with van der Waals surface area (Å²) in [5, 5.41) is 9.30. The number of likely N-dealkylation sites (tertiary alicyclic amines) is 1. The number of amides is 1. The quantitative estimate of drug-likeness (QED) is 0.827. The molecule has 0 aromatic heterocycles. The Morgan fingerprint density at radius 3 is 2.31 bits per heavy atom. The Kier molecular flexibility index (Phi) is 4.88. The van der Waals surface area contributed by atoms with Crippen molar-refractivity contribution in [1.29, 1.82) is 5.26 Å². The van der Waals surface area contributed by atoms with Gasteiger partial charge in [0.15, 0.2) is 0 Å². The van der Waals surface area contributed by atoms with Crippen molar-refractivity contribution in [3.8, 4) is 6.07 Å². The van der Waals surface area contributed by atoms with Crippen molar-refractivity contribution in [2.75, 3.05) is 27.2 Å². The lowest BCUT2D eigenvalue weighted by Crippen LogP contribution is -2.47. The van der Waals surface area contributed by atoms with Crippen LogP contribution in [0.15, 0.2) is 30.3 Å². The summed E-state index contributed by atoms with van der Waals surface area (Å²) in [5.74, 6) is 0.227. The van der Waals surface area contributed by atoms with Gasteiger partial charge in [-0.1, -0.05) is 30.3 Å². The molecule has 1 saturated heterocycles. The number of hydrogen-bond acceptors (Lipinski definition) is 3. The van der Waals surface area contributed by atoms with E-state index in [4.69, 9.17) is 0 Å². The lowest BCUT2D eigenvalue weighted by Gasteiger charge is -2.49. The molecule has 4 heteroatoms. The second-order valence-corrected chi connectivity index (χ2v) is 9.21. The van der Waals surface area contributed by atoms with Crippen molar-refractivity contribution >= 4 is 5.91 Å². The van der Waals surface area contributed by atoms with Gasteiger partial charge in [-0.3, -0.25) is 9.69 Å². The molecule has 3 rings (SSSR count). The zero-order valence-corrected chi connectivity index (χ0v) is 16.6. The van der Waals surface area contributed by atoms with Crippen LogP contribution in [-0.2, 0) is 10.3 Å².